The van der Waals surface area contributed by atoms with Gasteiger partial charge in [-0.3, -0.25) is 9.59 Å². The number of rotatable bonds is 17. The first-order chi connectivity index (χ1) is 27.9. The number of benzene rings is 6. The molecule has 0 radical (unpaired) electrons. The summed E-state index contributed by atoms with van der Waals surface area (Å²) in [4.78, 5) is 29.0. The maximum Gasteiger partial charge on any atom is 0.530 e. The number of aryl methyl sites for hydroxylation is 1. The summed E-state index contributed by atoms with van der Waals surface area (Å²) in [6, 6.07) is 38.8. The topological polar surface area (TPSA) is 117 Å². The van der Waals surface area contributed by atoms with Crippen LogP contribution in [0.2, 0.25) is 0 Å². The number of hydrogen-bond donors (Lipinski definition) is 0. The molecule has 0 aromatic heterocycles. The Hall–Kier alpha value is -6.28. The van der Waals surface area contributed by atoms with Gasteiger partial charge in [-0.15, -0.1) is 0 Å². The molecule has 0 fully saturated rings. The van der Waals surface area contributed by atoms with E-state index in [1.54, 1.807) is 111 Å². The average Bonchev–Trinajstić information content (AvgIpc) is 3.25. The maximum absolute atomic E-state index is 14.8. The summed E-state index contributed by atoms with van der Waals surface area (Å²) in [5.74, 6) is 2.68. The van der Waals surface area contributed by atoms with Crippen molar-refractivity contribution < 1.29 is 51.2 Å². The van der Waals surface area contributed by atoms with Crippen LogP contribution in [-0.2, 0) is 6.42 Å². The lowest BCUT2D eigenvalue weighted by atomic mass is 9.83. The molecule has 7 rings (SSSR count). The molecule has 1 aliphatic carbocycles. The summed E-state index contributed by atoms with van der Waals surface area (Å²) >= 11 is 0. The monoisotopic (exact) mass is 804 g/mol. The Morgan fingerprint density at radius 3 is 1.25 bits per heavy atom. The molecule has 0 aliphatic heterocycles. The molecule has 6 aromatic rings. The van der Waals surface area contributed by atoms with Gasteiger partial charge in [-0.2, -0.15) is 0 Å². The average molecular weight is 805 g/mol. The first-order valence-corrected chi connectivity index (χ1v) is 20.2. The number of carbonyl (C=O) groups is 2. The molecule has 6 aromatic carbocycles. The molecular weight excluding hydrogens is 766 g/mol. The first-order valence-electron chi connectivity index (χ1n) is 17.8. The van der Waals surface area contributed by atoms with Gasteiger partial charge in [-0.25, -0.2) is 0 Å². The van der Waals surface area contributed by atoms with Crippen molar-refractivity contribution >= 4 is 28.5 Å². The predicted molar refractivity (Wildman–Crippen MR) is 217 cm³/mol. The van der Waals surface area contributed by atoms with Gasteiger partial charge in [0.2, 0.25) is 5.78 Å². The van der Waals surface area contributed by atoms with Crippen LogP contribution in [0.1, 0.15) is 37.4 Å². The van der Waals surface area contributed by atoms with E-state index < -0.39 is 22.8 Å². The van der Waals surface area contributed by atoms with Crippen LogP contribution in [0, 0.1) is 0 Å². The predicted octanol–water partition coefficient (Wildman–Crippen LogP) is 10.3. The molecule has 0 amide bonds. The SMILES string of the molecule is COc1ccccc1CCP(Oc1ccccc1OC)Oc1cccc2c1C(=O)c1c(OP(Oc3ccccc3OC)Oc3ccccc3OC)cccc1C2=O. The van der Waals surface area contributed by atoms with Crippen molar-refractivity contribution in [2.75, 3.05) is 34.6 Å². The van der Waals surface area contributed by atoms with Crippen molar-refractivity contribution in [3.8, 4) is 51.7 Å². The fraction of sp³-hybridized carbons (Fsp3) is 0.136. The highest BCUT2D eigenvalue weighted by atomic mass is 31.2. The highest BCUT2D eigenvalue weighted by molar-refractivity contribution is 7.48. The lowest BCUT2D eigenvalue weighted by Crippen LogP contribution is -2.23. The van der Waals surface area contributed by atoms with Crippen molar-refractivity contribution in [1.82, 2.24) is 0 Å². The lowest BCUT2D eigenvalue weighted by molar-refractivity contribution is 0.0976. The molecule has 290 valence electrons. The normalized spacial score (nSPS) is 12.2. The third-order valence-electron chi connectivity index (χ3n) is 8.88. The fourth-order valence-electron chi connectivity index (χ4n) is 6.16. The maximum atomic E-state index is 14.8. The summed E-state index contributed by atoms with van der Waals surface area (Å²) in [6.45, 7) is 0. The van der Waals surface area contributed by atoms with Crippen molar-refractivity contribution in [3.05, 3.63) is 161 Å². The number of methoxy groups -OCH3 is 4. The Labute approximate surface area is 332 Å². The third kappa shape index (κ3) is 8.60. The summed E-state index contributed by atoms with van der Waals surface area (Å²) in [7, 11) is 2.12. The molecule has 0 saturated carbocycles. The van der Waals surface area contributed by atoms with Crippen LogP contribution < -0.4 is 41.6 Å². The molecule has 1 aliphatic rings. The second-order valence-corrected chi connectivity index (χ2v) is 14.7. The van der Waals surface area contributed by atoms with E-state index in [2.05, 4.69) is 0 Å². The molecule has 1 unspecified atom stereocenters. The van der Waals surface area contributed by atoms with Gasteiger partial charge >= 0.3 is 8.60 Å². The highest BCUT2D eigenvalue weighted by Crippen LogP contribution is 2.50. The van der Waals surface area contributed by atoms with Crippen molar-refractivity contribution in [2.45, 2.75) is 6.42 Å². The van der Waals surface area contributed by atoms with Crippen LogP contribution in [0.3, 0.4) is 0 Å². The van der Waals surface area contributed by atoms with E-state index >= 15 is 0 Å². The Morgan fingerprint density at radius 1 is 0.386 bits per heavy atom. The number of fused-ring (bicyclic) bond motifs is 2. The number of carbonyl (C=O) groups excluding carboxylic acids is 2. The van der Waals surface area contributed by atoms with E-state index in [4.69, 9.17) is 41.6 Å². The highest BCUT2D eigenvalue weighted by Gasteiger charge is 2.37. The molecule has 1 atom stereocenters. The van der Waals surface area contributed by atoms with Gasteiger partial charge < -0.3 is 41.6 Å². The Kier molecular flexibility index (Phi) is 12.4. The van der Waals surface area contributed by atoms with Gasteiger partial charge in [-0.1, -0.05) is 78.9 Å². The molecule has 11 nitrogen and oxygen atoms in total. The quantitative estimate of drug-likeness (QED) is 0.0819. The second-order valence-electron chi connectivity index (χ2n) is 12.3. The third-order valence-corrected chi connectivity index (χ3v) is 11.3. The van der Waals surface area contributed by atoms with Crippen LogP contribution >= 0.6 is 17.0 Å². The van der Waals surface area contributed by atoms with Crippen LogP contribution in [-0.4, -0.2) is 46.2 Å². The van der Waals surface area contributed by atoms with Gasteiger partial charge in [0.25, 0.3) is 8.38 Å². The van der Waals surface area contributed by atoms with Crippen LogP contribution in [0.5, 0.6) is 51.7 Å². The molecule has 57 heavy (non-hydrogen) atoms. The Balaban J connectivity index is 1.24. The zero-order valence-electron chi connectivity index (χ0n) is 31.5. The van der Waals surface area contributed by atoms with Gasteiger partial charge in [-0.05, 0) is 66.6 Å². The first kappa shape index (κ1) is 39.0. The van der Waals surface area contributed by atoms with E-state index in [1.165, 1.54) is 14.2 Å². The Bertz CT molecular complexity index is 2330. The molecule has 0 heterocycles. The van der Waals surface area contributed by atoms with Gasteiger partial charge in [0.15, 0.2) is 40.3 Å². The fourth-order valence-corrected chi connectivity index (χ4v) is 8.59. The molecular formula is C44H38O11P2. The second kappa shape index (κ2) is 18.1. The summed E-state index contributed by atoms with van der Waals surface area (Å²) in [5.41, 5.74) is 1.43. The van der Waals surface area contributed by atoms with E-state index in [1.807, 2.05) is 36.4 Å². The molecule has 0 saturated heterocycles. The van der Waals surface area contributed by atoms with E-state index in [0.717, 1.165) is 11.3 Å². The molecule has 0 bridgehead atoms. The zero-order chi connectivity index (χ0) is 39.7. The van der Waals surface area contributed by atoms with Crippen molar-refractivity contribution in [3.63, 3.8) is 0 Å². The number of hydrogen-bond acceptors (Lipinski definition) is 11. The minimum atomic E-state index is -2.33. The van der Waals surface area contributed by atoms with E-state index in [0.29, 0.717) is 47.1 Å². The minimum absolute atomic E-state index is 0.0369. The lowest BCUT2D eigenvalue weighted by Gasteiger charge is -2.26. The number of ether oxygens (including phenoxy) is 4. The van der Waals surface area contributed by atoms with Crippen molar-refractivity contribution in [2.24, 2.45) is 0 Å². The smallest absolute Gasteiger partial charge is 0.496 e. The standard InChI is InChI=1S/C44H38O11P2/c1-47-32-18-6-5-15-29(32)27-28-56(51-36-22-10-7-19-33(36)48-2)52-39-25-13-16-30-41(39)44(46)42-31(43(30)45)17-14-26-40(42)55-57(53-37-23-11-8-20-34(37)49-3)54-38-24-12-9-21-35(38)50-4/h5-26H,27-28H2,1-4H3. The summed E-state index contributed by atoms with van der Waals surface area (Å²) in [6.07, 6.45) is 0.949. The van der Waals surface area contributed by atoms with Crippen molar-refractivity contribution in [1.29, 1.82) is 0 Å². The Morgan fingerprint density at radius 2 is 0.754 bits per heavy atom. The van der Waals surface area contributed by atoms with Gasteiger partial charge in [0, 0.05) is 17.3 Å². The van der Waals surface area contributed by atoms with Gasteiger partial charge in [0.1, 0.15) is 17.2 Å². The largest absolute Gasteiger partial charge is 0.530 e. The minimum Gasteiger partial charge on any atom is -0.496 e. The summed E-state index contributed by atoms with van der Waals surface area (Å²) in [5, 5.41) is 0. The van der Waals surface area contributed by atoms with E-state index in [-0.39, 0.29) is 39.5 Å². The zero-order valence-corrected chi connectivity index (χ0v) is 33.3. The van der Waals surface area contributed by atoms with Crippen LogP contribution in [0.4, 0.5) is 0 Å². The van der Waals surface area contributed by atoms with Gasteiger partial charge in [0.05, 0.1) is 39.6 Å². The number of ketones is 2. The molecule has 0 N–H and O–H groups in total. The van der Waals surface area contributed by atoms with Crippen LogP contribution in [0.15, 0.2) is 133 Å². The number of para-hydroxylation sites is 7. The summed E-state index contributed by atoms with van der Waals surface area (Å²) < 4.78 is 54.3. The van der Waals surface area contributed by atoms with E-state index in [9.17, 15) is 9.59 Å². The molecule has 13 heteroatoms. The molecule has 0 spiro atoms. The van der Waals surface area contributed by atoms with Crippen LogP contribution in [0.25, 0.3) is 0 Å².